The van der Waals surface area contributed by atoms with Crippen molar-refractivity contribution < 1.29 is 9.53 Å². The van der Waals surface area contributed by atoms with Crippen molar-refractivity contribution in [2.45, 2.75) is 13.8 Å². The first kappa shape index (κ1) is 19.9. The first-order chi connectivity index (χ1) is 13.6. The van der Waals surface area contributed by atoms with Crippen LogP contribution in [-0.4, -0.2) is 25.3 Å². The van der Waals surface area contributed by atoms with Crippen LogP contribution in [0, 0.1) is 6.92 Å². The summed E-state index contributed by atoms with van der Waals surface area (Å²) in [5, 5.41) is 9.28. The fourth-order valence-electron chi connectivity index (χ4n) is 2.80. The summed E-state index contributed by atoms with van der Waals surface area (Å²) in [4.78, 5) is 12.1. The summed E-state index contributed by atoms with van der Waals surface area (Å²) in [5.41, 5.74) is 5.44. The number of nitrogens with one attached hydrogen (secondary N) is 2. The number of hydrazone groups is 1. The molecule has 3 rings (SSSR count). The molecule has 0 saturated carbocycles. The Labute approximate surface area is 172 Å². The Balaban J connectivity index is 1.72. The van der Waals surface area contributed by atoms with Crippen molar-refractivity contribution in [2.24, 2.45) is 5.10 Å². The van der Waals surface area contributed by atoms with Crippen molar-refractivity contribution in [2.75, 3.05) is 18.5 Å². The highest BCUT2D eigenvalue weighted by Gasteiger charge is 2.12. The molecule has 1 amide bonds. The van der Waals surface area contributed by atoms with E-state index in [1.165, 1.54) is 5.56 Å². The molecule has 0 aliphatic heterocycles. The second-order valence-corrected chi connectivity index (χ2v) is 7.12. The molecular weight excluding hydrogens is 418 g/mol. The number of halogens is 1. The van der Waals surface area contributed by atoms with Crippen LogP contribution in [0.2, 0.25) is 0 Å². The molecule has 5 nitrogen and oxygen atoms in total. The van der Waals surface area contributed by atoms with Gasteiger partial charge in [-0.25, -0.2) is 5.43 Å². The number of amides is 1. The number of hydrogen-bond donors (Lipinski definition) is 2. The third kappa shape index (κ3) is 4.89. The summed E-state index contributed by atoms with van der Waals surface area (Å²) in [6.45, 7) is 4.62. The maximum Gasteiger partial charge on any atom is 0.259 e. The second kappa shape index (κ2) is 9.37. The van der Waals surface area contributed by atoms with Gasteiger partial charge in [-0.3, -0.25) is 4.79 Å². The molecule has 144 valence electrons. The summed E-state index contributed by atoms with van der Waals surface area (Å²) >= 11 is 3.56. The van der Waals surface area contributed by atoms with Crippen molar-refractivity contribution in [3.8, 4) is 5.75 Å². The van der Waals surface area contributed by atoms with E-state index in [0.29, 0.717) is 12.4 Å². The molecule has 0 radical (unpaired) electrons. The van der Waals surface area contributed by atoms with E-state index < -0.39 is 0 Å². The molecule has 0 aliphatic rings. The van der Waals surface area contributed by atoms with Crippen LogP contribution in [0.3, 0.4) is 0 Å². The molecular formula is C22H22BrN3O2. The lowest BCUT2D eigenvalue weighted by Crippen LogP contribution is -2.25. The van der Waals surface area contributed by atoms with E-state index >= 15 is 0 Å². The van der Waals surface area contributed by atoms with Crippen LogP contribution in [0.4, 0.5) is 5.69 Å². The lowest BCUT2D eigenvalue weighted by molar-refractivity contribution is -0.119. The van der Waals surface area contributed by atoms with E-state index in [-0.39, 0.29) is 12.5 Å². The van der Waals surface area contributed by atoms with Gasteiger partial charge in [0, 0.05) is 11.3 Å². The van der Waals surface area contributed by atoms with Crippen LogP contribution in [0.5, 0.6) is 5.75 Å². The van der Waals surface area contributed by atoms with Crippen LogP contribution in [0.1, 0.15) is 18.1 Å². The van der Waals surface area contributed by atoms with Gasteiger partial charge in [0.1, 0.15) is 5.75 Å². The van der Waals surface area contributed by atoms with E-state index in [0.717, 1.165) is 26.5 Å². The first-order valence-corrected chi connectivity index (χ1v) is 9.84. The van der Waals surface area contributed by atoms with E-state index in [2.05, 4.69) is 31.8 Å². The topological polar surface area (TPSA) is 62.7 Å². The van der Waals surface area contributed by atoms with Gasteiger partial charge in [-0.05, 0) is 58.7 Å². The van der Waals surface area contributed by atoms with Gasteiger partial charge >= 0.3 is 0 Å². The number of fused-ring (bicyclic) bond motifs is 1. The number of anilines is 1. The molecule has 0 heterocycles. The fraction of sp³-hybridized carbons (Fsp3) is 0.182. The maximum atomic E-state index is 12.1. The molecule has 0 atom stereocenters. The minimum absolute atomic E-state index is 0.137. The molecule has 0 aromatic heterocycles. The second-order valence-electron chi connectivity index (χ2n) is 6.27. The molecule has 0 saturated heterocycles. The lowest BCUT2D eigenvalue weighted by Gasteiger charge is -2.12. The summed E-state index contributed by atoms with van der Waals surface area (Å²) in [5.74, 6) is 0.478. The van der Waals surface area contributed by atoms with Gasteiger partial charge in [-0.15, -0.1) is 0 Å². The Bertz CT molecular complexity index is 1000. The number of rotatable bonds is 7. The SMILES string of the molecule is CCOc1c(Br)cc2ccccc2c1/C=N/NC(=O)CNc1ccc(C)cc1. The van der Waals surface area contributed by atoms with Crippen molar-refractivity contribution in [1.82, 2.24) is 5.43 Å². The molecule has 0 unspecified atom stereocenters. The van der Waals surface area contributed by atoms with Gasteiger partial charge < -0.3 is 10.1 Å². The van der Waals surface area contributed by atoms with Crippen LogP contribution < -0.4 is 15.5 Å². The van der Waals surface area contributed by atoms with E-state index in [1.807, 2.05) is 68.4 Å². The standard InChI is InChI=1S/C22H22BrN3O2/c1-3-28-22-19(18-7-5-4-6-16(18)12-20(22)23)13-25-26-21(27)14-24-17-10-8-15(2)9-11-17/h4-13,24H,3,14H2,1-2H3,(H,26,27)/b25-13+. The largest absolute Gasteiger partial charge is 0.492 e. The molecule has 28 heavy (non-hydrogen) atoms. The highest BCUT2D eigenvalue weighted by atomic mass is 79.9. The fourth-order valence-corrected chi connectivity index (χ4v) is 3.38. The monoisotopic (exact) mass is 439 g/mol. The zero-order valence-electron chi connectivity index (χ0n) is 15.8. The van der Waals surface area contributed by atoms with E-state index in [9.17, 15) is 4.79 Å². The van der Waals surface area contributed by atoms with Crippen molar-refractivity contribution >= 4 is 44.5 Å². The van der Waals surface area contributed by atoms with Crippen LogP contribution in [0.15, 0.2) is 64.2 Å². The first-order valence-electron chi connectivity index (χ1n) is 9.05. The molecule has 0 spiro atoms. The highest BCUT2D eigenvalue weighted by Crippen LogP contribution is 2.34. The predicted molar refractivity (Wildman–Crippen MR) is 118 cm³/mol. The Morgan fingerprint density at radius 3 is 2.68 bits per heavy atom. The third-order valence-corrected chi connectivity index (χ3v) is 4.76. The summed E-state index contributed by atoms with van der Waals surface area (Å²) in [6, 6.07) is 17.9. The Hall–Kier alpha value is -2.86. The zero-order valence-corrected chi connectivity index (χ0v) is 17.4. The number of hydrogen-bond acceptors (Lipinski definition) is 4. The van der Waals surface area contributed by atoms with Gasteiger partial charge in [0.05, 0.1) is 23.8 Å². The zero-order chi connectivity index (χ0) is 19.9. The number of carbonyl (C=O) groups is 1. The number of aryl methyl sites for hydroxylation is 1. The highest BCUT2D eigenvalue weighted by molar-refractivity contribution is 9.10. The molecule has 2 N–H and O–H groups in total. The van der Waals surface area contributed by atoms with E-state index in [4.69, 9.17) is 4.74 Å². The molecule has 0 aliphatic carbocycles. The predicted octanol–water partition coefficient (Wildman–Crippen LogP) is 4.87. The third-order valence-electron chi connectivity index (χ3n) is 4.17. The Morgan fingerprint density at radius 2 is 1.93 bits per heavy atom. The number of benzene rings is 3. The van der Waals surface area contributed by atoms with Crippen LogP contribution in [-0.2, 0) is 4.79 Å². The van der Waals surface area contributed by atoms with Crippen LogP contribution >= 0.6 is 15.9 Å². The minimum Gasteiger partial charge on any atom is -0.492 e. The normalized spacial score (nSPS) is 11.0. The maximum absolute atomic E-state index is 12.1. The van der Waals surface area contributed by atoms with E-state index in [1.54, 1.807) is 6.21 Å². The van der Waals surface area contributed by atoms with Gasteiger partial charge in [0.15, 0.2) is 0 Å². The summed E-state index contributed by atoms with van der Waals surface area (Å²) in [6.07, 6.45) is 1.63. The van der Waals surface area contributed by atoms with Gasteiger partial charge in [-0.2, -0.15) is 5.10 Å². The van der Waals surface area contributed by atoms with Crippen LogP contribution in [0.25, 0.3) is 10.8 Å². The quantitative estimate of drug-likeness (QED) is 0.407. The van der Waals surface area contributed by atoms with Gasteiger partial charge in [0.25, 0.3) is 5.91 Å². The molecule has 0 bridgehead atoms. The molecule has 3 aromatic rings. The average Bonchev–Trinajstić information content (AvgIpc) is 2.69. The number of nitrogens with zero attached hydrogens (tertiary/aromatic N) is 1. The number of ether oxygens (including phenoxy) is 1. The Kier molecular flexibility index (Phi) is 6.66. The van der Waals surface area contributed by atoms with Crippen molar-refractivity contribution in [3.05, 3.63) is 70.2 Å². The lowest BCUT2D eigenvalue weighted by atomic mass is 10.0. The molecule has 3 aromatic carbocycles. The smallest absolute Gasteiger partial charge is 0.259 e. The summed E-state index contributed by atoms with van der Waals surface area (Å²) in [7, 11) is 0. The Morgan fingerprint density at radius 1 is 1.18 bits per heavy atom. The minimum atomic E-state index is -0.228. The van der Waals surface area contributed by atoms with Crippen molar-refractivity contribution in [1.29, 1.82) is 0 Å². The summed E-state index contributed by atoms with van der Waals surface area (Å²) < 4.78 is 6.63. The molecule has 0 fully saturated rings. The van der Waals surface area contributed by atoms with Gasteiger partial charge in [0.2, 0.25) is 0 Å². The average molecular weight is 440 g/mol. The van der Waals surface area contributed by atoms with Crippen molar-refractivity contribution in [3.63, 3.8) is 0 Å². The molecule has 6 heteroatoms. The van der Waals surface area contributed by atoms with Gasteiger partial charge in [-0.1, -0.05) is 42.0 Å². The number of carbonyl (C=O) groups excluding carboxylic acids is 1.